The van der Waals surface area contributed by atoms with Crippen molar-refractivity contribution in [2.45, 2.75) is 105 Å². The second-order valence-electron chi connectivity index (χ2n) is 14.9. The second kappa shape index (κ2) is 6.84. The zero-order chi connectivity index (χ0) is 25.1. The second-order valence-corrected chi connectivity index (χ2v) is 14.9. The molecule has 5 rings (SSSR count). The lowest BCUT2D eigenvalue weighted by Crippen LogP contribution is -2.71. The molecule has 0 heterocycles. The van der Waals surface area contributed by atoms with Gasteiger partial charge in [0.05, 0.1) is 6.57 Å². The zero-order valence-corrected chi connectivity index (χ0v) is 22.4. The first-order valence-electron chi connectivity index (χ1n) is 13.5. The number of hydrogen-bond acceptors (Lipinski definition) is 3. The molecule has 0 amide bonds. The van der Waals surface area contributed by atoms with Crippen LogP contribution in [-0.4, -0.2) is 17.1 Å². The van der Waals surface area contributed by atoms with Crippen LogP contribution in [0.15, 0.2) is 11.8 Å². The molecule has 2 N–H and O–H groups in total. The summed E-state index contributed by atoms with van der Waals surface area (Å²) in [6.07, 6.45) is 9.80. The normalized spacial score (nSPS) is 51.2. The number of fused-ring (bicyclic) bond motifs is 7. The molecule has 0 aromatic heterocycles. The lowest BCUT2D eigenvalue weighted by Gasteiger charge is -2.71. The van der Waals surface area contributed by atoms with Crippen LogP contribution in [0.1, 0.15) is 99.8 Å². The Balaban J connectivity index is 1.63. The van der Waals surface area contributed by atoms with Crippen molar-refractivity contribution >= 4 is 11.6 Å². The third kappa shape index (κ3) is 2.80. The van der Waals surface area contributed by atoms with Gasteiger partial charge in [-0.3, -0.25) is 4.79 Å². The van der Waals surface area contributed by atoms with E-state index < -0.39 is 5.41 Å². The Kier molecular flexibility index (Phi) is 4.88. The predicted molar refractivity (Wildman–Crippen MR) is 134 cm³/mol. The highest BCUT2D eigenvalue weighted by molar-refractivity contribution is 6.02. The Labute approximate surface area is 206 Å². The van der Waals surface area contributed by atoms with E-state index in [1.165, 1.54) is 0 Å². The molecule has 4 heteroatoms. The SMILES string of the molecule is [C-]#[N+]C1=C[C@]2(C)[C@H]3CC(=O)C4C5CC(C)(C)CC[C@]5(N)CC[C@@]4(C)[C@]3(C)CC[C@H]2C(C)(C)C1=O. The number of carbonyl (C=O) groups excluding carboxylic acids is 2. The molecular weight excluding hydrogens is 420 g/mol. The number of nitrogens with two attached hydrogens (primary N) is 1. The van der Waals surface area contributed by atoms with Gasteiger partial charge in [0.25, 0.3) is 0 Å². The van der Waals surface area contributed by atoms with Crippen LogP contribution in [0.3, 0.4) is 0 Å². The first-order chi connectivity index (χ1) is 15.6. The molecule has 4 nitrogen and oxygen atoms in total. The lowest BCUT2D eigenvalue weighted by molar-refractivity contribution is -0.213. The van der Waals surface area contributed by atoms with Gasteiger partial charge in [0.1, 0.15) is 5.78 Å². The molecule has 0 bridgehead atoms. The van der Waals surface area contributed by atoms with Crippen molar-refractivity contribution in [3.05, 3.63) is 23.2 Å². The Bertz CT molecular complexity index is 1030. The number of allylic oxidation sites excluding steroid dienone is 2. The van der Waals surface area contributed by atoms with E-state index in [2.05, 4.69) is 39.5 Å². The molecule has 0 aromatic carbocycles. The number of Topliss-reactive ketones (excluding diaryl/α,β-unsaturated/α-hetero) is 2. The van der Waals surface area contributed by atoms with Gasteiger partial charge < -0.3 is 10.5 Å². The largest absolute Gasteiger partial charge is 0.325 e. The summed E-state index contributed by atoms with van der Waals surface area (Å²) >= 11 is 0. The van der Waals surface area contributed by atoms with Crippen LogP contribution in [0.4, 0.5) is 0 Å². The fraction of sp³-hybridized carbons (Fsp3) is 0.833. The highest BCUT2D eigenvalue weighted by atomic mass is 16.1. The van der Waals surface area contributed by atoms with Crippen LogP contribution in [-0.2, 0) is 9.59 Å². The number of carbonyl (C=O) groups is 2. The van der Waals surface area contributed by atoms with Gasteiger partial charge in [-0.05, 0) is 84.4 Å². The minimum absolute atomic E-state index is 0.0140. The molecule has 4 saturated carbocycles. The molecule has 186 valence electrons. The average Bonchev–Trinajstić information content (AvgIpc) is 2.74. The van der Waals surface area contributed by atoms with Crippen molar-refractivity contribution in [1.29, 1.82) is 0 Å². The van der Waals surface area contributed by atoms with Crippen LogP contribution in [0.25, 0.3) is 4.85 Å². The Morgan fingerprint density at radius 2 is 1.56 bits per heavy atom. The van der Waals surface area contributed by atoms with Crippen LogP contribution in [0.5, 0.6) is 0 Å². The summed E-state index contributed by atoms with van der Waals surface area (Å²) < 4.78 is 0. The van der Waals surface area contributed by atoms with Crippen LogP contribution < -0.4 is 5.73 Å². The van der Waals surface area contributed by atoms with Crippen molar-refractivity contribution < 1.29 is 9.59 Å². The summed E-state index contributed by atoms with van der Waals surface area (Å²) in [5.74, 6) is 0.971. The van der Waals surface area contributed by atoms with E-state index in [1.54, 1.807) is 0 Å². The minimum atomic E-state index is -0.572. The third-order valence-electron chi connectivity index (χ3n) is 12.5. The molecule has 5 aliphatic carbocycles. The van der Waals surface area contributed by atoms with E-state index in [4.69, 9.17) is 12.3 Å². The number of rotatable bonds is 0. The molecule has 8 atom stereocenters. The summed E-state index contributed by atoms with van der Waals surface area (Å²) in [6.45, 7) is 23.6. The fourth-order valence-corrected chi connectivity index (χ4v) is 10.3. The summed E-state index contributed by atoms with van der Waals surface area (Å²) in [4.78, 5) is 31.1. The molecule has 0 radical (unpaired) electrons. The maximum Gasteiger partial charge on any atom is 0.226 e. The van der Waals surface area contributed by atoms with Crippen LogP contribution >= 0.6 is 0 Å². The van der Waals surface area contributed by atoms with Crippen LogP contribution in [0.2, 0.25) is 0 Å². The maximum absolute atomic E-state index is 14.2. The minimum Gasteiger partial charge on any atom is -0.325 e. The first-order valence-corrected chi connectivity index (χ1v) is 13.5. The van der Waals surface area contributed by atoms with Gasteiger partial charge in [-0.1, -0.05) is 54.5 Å². The predicted octanol–water partition coefficient (Wildman–Crippen LogP) is 6.35. The smallest absolute Gasteiger partial charge is 0.226 e. The van der Waals surface area contributed by atoms with E-state index in [1.807, 2.05) is 19.9 Å². The van der Waals surface area contributed by atoms with Crippen molar-refractivity contribution in [3.8, 4) is 0 Å². The Morgan fingerprint density at radius 3 is 2.21 bits per heavy atom. The molecule has 0 spiro atoms. The summed E-state index contributed by atoms with van der Waals surface area (Å²) in [5, 5.41) is 0. The van der Waals surface area contributed by atoms with Crippen LogP contribution in [0, 0.1) is 57.3 Å². The summed E-state index contributed by atoms with van der Waals surface area (Å²) in [5.41, 5.74) is 6.41. The third-order valence-corrected chi connectivity index (χ3v) is 12.5. The molecular formula is C30H44N2O2. The summed E-state index contributed by atoms with van der Waals surface area (Å²) in [7, 11) is 0. The molecule has 0 aliphatic heterocycles. The van der Waals surface area contributed by atoms with Crippen molar-refractivity contribution in [2.75, 3.05) is 0 Å². The van der Waals surface area contributed by atoms with Gasteiger partial charge in [-0.15, -0.1) is 0 Å². The van der Waals surface area contributed by atoms with E-state index in [0.29, 0.717) is 12.2 Å². The zero-order valence-electron chi connectivity index (χ0n) is 22.4. The van der Waals surface area contributed by atoms with E-state index in [0.717, 1.165) is 44.9 Å². The Hall–Kier alpha value is -1.47. The van der Waals surface area contributed by atoms with Gasteiger partial charge >= 0.3 is 0 Å². The van der Waals surface area contributed by atoms with Crippen molar-refractivity contribution in [3.63, 3.8) is 0 Å². The van der Waals surface area contributed by atoms with Crippen molar-refractivity contribution in [1.82, 2.24) is 0 Å². The molecule has 34 heavy (non-hydrogen) atoms. The van der Waals surface area contributed by atoms with Crippen molar-refractivity contribution in [2.24, 2.45) is 56.5 Å². The highest BCUT2D eigenvalue weighted by Gasteiger charge is 2.71. The molecule has 4 fully saturated rings. The standard InChI is InChI=1S/C30H44N2O2/c1-25(2)11-13-30(31)14-12-29(7)23(18(30)16-25)20(33)15-22-27(5)17-19(32-8)24(34)26(3,4)21(27)9-10-28(22,29)6/h17-18,21-23H,9-16,31H2,1-7H3/t18?,21-,22+,23?,27-,28+,29+,30-/m0/s1. The number of ketones is 2. The van der Waals surface area contributed by atoms with E-state index >= 15 is 0 Å². The number of hydrogen-bond donors (Lipinski definition) is 1. The lowest BCUT2D eigenvalue weighted by atomic mass is 9.32. The molecule has 0 aromatic rings. The van der Waals surface area contributed by atoms with Gasteiger partial charge in [-0.2, -0.15) is 0 Å². The maximum atomic E-state index is 14.2. The van der Waals surface area contributed by atoms with Gasteiger partial charge in [-0.25, -0.2) is 4.85 Å². The monoisotopic (exact) mass is 464 g/mol. The summed E-state index contributed by atoms with van der Waals surface area (Å²) in [6, 6.07) is 0. The Morgan fingerprint density at radius 1 is 0.912 bits per heavy atom. The molecule has 2 unspecified atom stereocenters. The van der Waals surface area contributed by atoms with Gasteiger partial charge in [0.2, 0.25) is 5.70 Å². The highest BCUT2D eigenvalue weighted by Crippen LogP contribution is 2.74. The first kappa shape index (κ1) is 24.2. The molecule has 5 aliphatic rings. The van der Waals surface area contributed by atoms with E-state index in [9.17, 15) is 9.59 Å². The van der Waals surface area contributed by atoms with Gasteiger partial charge in [0.15, 0.2) is 5.78 Å². The van der Waals surface area contributed by atoms with Gasteiger partial charge in [0, 0.05) is 23.3 Å². The number of nitrogens with zero attached hydrogens (tertiary/aromatic N) is 1. The topological polar surface area (TPSA) is 64.5 Å². The fourth-order valence-electron chi connectivity index (χ4n) is 10.3. The average molecular weight is 465 g/mol. The quantitative estimate of drug-likeness (QED) is 0.425. The van der Waals surface area contributed by atoms with E-state index in [-0.39, 0.29) is 62.4 Å². The molecule has 0 saturated heterocycles.